The van der Waals surface area contributed by atoms with Crippen LogP contribution in [0, 0.1) is 5.92 Å². The van der Waals surface area contributed by atoms with Crippen LogP contribution in [-0.4, -0.2) is 61.8 Å². The van der Waals surface area contributed by atoms with Crippen molar-refractivity contribution in [2.24, 2.45) is 5.92 Å². The monoisotopic (exact) mass is 377 g/mol. The van der Waals surface area contributed by atoms with Gasteiger partial charge in [0.15, 0.2) is 0 Å². The number of aromatic nitrogens is 1. The number of rotatable bonds is 7. The summed E-state index contributed by atoms with van der Waals surface area (Å²) >= 11 is 0. The third kappa shape index (κ3) is 4.39. The summed E-state index contributed by atoms with van der Waals surface area (Å²) in [7, 11) is 3.12. The van der Waals surface area contributed by atoms with Crippen LogP contribution in [0.5, 0.6) is 0 Å². The van der Waals surface area contributed by atoms with Gasteiger partial charge in [0.25, 0.3) is 5.56 Å². The molecule has 8 heteroatoms. The first-order chi connectivity index (χ1) is 13.0. The highest BCUT2D eigenvalue weighted by Crippen LogP contribution is 2.35. The molecule has 1 saturated heterocycles. The first kappa shape index (κ1) is 19.6. The maximum Gasteiger partial charge on any atom is 0.274 e. The van der Waals surface area contributed by atoms with Gasteiger partial charge in [-0.3, -0.25) is 14.4 Å². The zero-order chi connectivity index (χ0) is 19.4. The minimum atomic E-state index is -0.236. The lowest BCUT2D eigenvalue weighted by Gasteiger charge is -2.43. The molecule has 27 heavy (non-hydrogen) atoms. The summed E-state index contributed by atoms with van der Waals surface area (Å²) in [5.74, 6) is 0.264. The summed E-state index contributed by atoms with van der Waals surface area (Å²) in [5.41, 5.74) is 1.07. The minimum absolute atomic E-state index is 0.101. The number of fused-ring (bicyclic) bond motifs is 4. The van der Waals surface area contributed by atoms with E-state index in [1.54, 1.807) is 17.7 Å². The quantitative estimate of drug-likeness (QED) is 0.759. The smallest absolute Gasteiger partial charge is 0.274 e. The van der Waals surface area contributed by atoms with E-state index < -0.39 is 0 Å². The van der Waals surface area contributed by atoms with Crippen molar-refractivity contribution in [2.75, 3.05) is 45.8 Å². The molecule has 0 saturated carbocycles. The third-order valence-corrected chi connectivity index (χ3v) is 5.28. The van der Waals surface area contributed by atoms with E-state index in [-0.39, 0.29) is 35.6 Å². The van der Waals surface area contributed by atoms with Crippen LogP contribution in [0.1, 0.15) is 30.9 Å². The number of nitrogens with one attached hydrogen (secondary N) is 1. The number of pyridine rings is 1. The van der Waals surface area contributed by atoms with E-state index in [1.807, 2.05) is 11.0 Å². The van der Waals surface area contributed by atoms with Crippen molar-refractivity contribution < 1.29 is 19.1 Å². The second-order valence-corrected chi connectivity index (χ2v) is 7.22. The van der Waals surface area contributed by atoms with Gasteiger partial charge in [-0.25, -0.2) is 0 Å². The lowest BCUT2D eigenvalue weighted by Crippen LogP contribution is -2.49. The summed E-state index contributed by atoms with van der Waals surface area (Å²) in [4.78, 5) is 39.0. The zero-order valence-corrected chi connectivity index (χ0v) is 15.9. The van der Waals surface area contributed by atoms with Crippen LogP contribution in [-0.2, 0) is 25.6 Å². The van der Waals surface area contributed by atoms with Crippen molar-refractivity contribution in [3.8, 4) is 0 Å². The number of hydrogen-bond donors (Lipinski definition) is 1. The van der Waals surface area contributed by atoms with E-state index in [2.05, 4.69) is 5.32 Å². The normalized spacial score (nSPS) is 20.9. The predicted molar refractivity (Wildman–Crippen MR) is 99.7 cm³/mol. The standard InChI is InChI=1S/C19H27N3O5/c1-26-7-5-17(23)20-15-3-4-16-14-9-13(11-22(16)19(15)25)10-21(12-14)18(24)6-8-27-2/h3-4,13-14H,5-12H2,1-2H3,(H,20,23)/t13-,14+/m0/s1. The molecule has 2 atom stereocenters. The number of anilines is 1. The number of methoxy groups -OCH3 is 2. The van der Waals surface area contributed by atoms with Crippen LogP contribution in [0.3, 0.4) is 0 Å². The Bertz CT molecular complexity index is 760. The molecule has 1 fully saturated rings. The number of carbonyl (C=O) groups excluding carboxylic acids is 2. The molecule has 2 aliphatic heterocycles. The Labute approximate surface area is 158 Å². The Morgan fingerprint density at radius 3 is 2.59 bits per heavy atom. The van der Waals surface area contributed by atoms with E-state index in [4.69, 9.17) is 9.47 Å². The Morgan fingerprint density at radius 1 is 1.11 bits per heavy atom. The third-order valence-electron chi connectivity index (χ3n) is 5.28. The van der Waals surface area contributed by atoms with Crippen molar-refractivity contribution in [1.29, 1.82) is 0 Å². The van der Waals surface area contributed by atoms with Crippen molar-refractivity contribution in [1.82, 2.24) is 9.47 Å². The minimum Gasteiger partial charge on any atom is -0.384 e. The van der Waals surface area contributed by atoms with Crippen LogP contribution in [0.15, 0.2) is 16.9 Å². The second kappa shape index (κ2) is 8.67. The van der Waals surface area contributed by atoms with Gasteiger partial charge < -0.3 is 24.3 Å². The molecule has 3 heterocycles. The molecule has 3 rings (SSSR count). The maximum absolute atomic E-state index is 12.8. The molecular formula is C19H27N3O5. The zero-order valence-electron chi connectivity index (χ0n) is 15.9. The van der Waals surface area contributed by atoms with Crippen LogP contribution in [0.25, 0.3) is 0 Å². The fourth-order valence-corrected chi connectivity index (χ4v) is 4.00. The van der Waals surface area contributed by atoms with E-state index in [1.165, 1.54) is 7.11 Å². The maximum atomic E-state index is 12.8. The first-order valence-corrected chi connectivity index (χ1v) is 9.32. The fourth-order valence-electron chi connectivity index (χ4n) is 4.00. The highest BCUT2D eigenvalue weighted by atomic mass is 16.5. The number of ether oxygens (including phenoxy) is 2. The molecule has 2 bridgehead atoms. The Morgan fingerprint density at radius 2 is 1.85 bits per heavy atom. The van der Waals surface area contributed by atoms with Crippen LogP contribution in [0.4, 0.5) is 5.69 Å². The molecule has 0 spiro atoms. The number of piperidine rings is 1. The molecule has 1 aromatic rings. The number of nitrogens with zero attached hydrogens (tertiary/aromatic N) is 2. The molecule has 2 aliphatic rings. The van der Waals surface area contributed by atoms with Crippen molar-refractivity contribution >= 4 is 17.5 Å². The Hall–Kier alpha value is -2.19. The van der Waals surface area contributed by atoms with Gasteiger partial charge in [0, 0.05) is 45.5 Å². The summed E-state index contributed by atoms with van der Waals surface area (Å²) in [6.07, 6.45) is 1.57. The largest absolute Gasteiger partial charge is 0.384 e. The van der Waals surface area contributed by atoms with Crippen LogP contribution < -0.4 is 10.9 Å². The molecular weight excluding hydrogens is 350 g/mol. The molecule has 1 aromatic heterocycles. The van der Waals surface area contributed by atoms with E-state index >= 15 is 0 Å². The fraction of sp³-hybridized carbons (Fsp3) is 0.632. The number of carbonyl (C=O) groups is 2. The van der Waals surface area contributed by atoms with Crippen LogP contribution >= 0.6 is 0 Å². The van der Waals surface area contributed by atoms with Gasteiger partial charge in [0.2, 0.25) is 11.8 Å². The number of hydrogen-bond acceptors (Lipinski definition) is 5. The lowest BCUT2D eigenvalue weighted by atomic mass is 9.83. The highest BCUT2D eigenvalue weighted by Gasteiger charge is 2.36. The molecule has 0 aromatic carbocycles. The van der Waals surface area contributed by atoms with E-state index in [0.717, 1.165) is 12.1 Å². The Balaban J connectivity index is 1.75. The summed E-state index contributed by atoms with van der Waals surface area (Å²) in [6.45, 7) is 2.59. The topological polar surface area (TPSA) is 89.9 Å². The van der Waals surface area contributed by atoms with Crippen LogP contribution in [0.2, 0.25) is 0 Å². The molecule has 148 valence electrons. The first-order valence-electron chi connectivity index (χ1n) is 9.32. The summed E-state index contributed by atoms with van der Waals surface area (Å²) in [5, 5.41) is 2.68. The average Bonchev–Trinajstić information content (AvgIpc) is 2.66. The van der Waals surface area contributed by atoms with Crippen molar-refractivity contribution in [2.45, 2.75) is 31.7 Å². The average molecular weight is 377 g/mol. The van der Waals surface area contributed by atoms with Crippen molar-refractivity contribution in [3.63, 3.8) is 0 Å². The molecule has 8 nitrogen and oxygen atoms in total. The van der Waals surface area contributed by atoms with Gasteiger partial charge in [-0.05, 0) is 24.5 Å². The lowest BCUT2D eigenvalue weighted by molar-refractivity contribution is -0.134. The second-order valence-electron chi connectivity index (χ2n) is 7.22. The molecule has 2 amide bonds. The number of amides is 2. The van der Waals surface area contributed by atoms with Crippen molar-refractivity contribution in [3.05, 3.63) is 28.2 Å². The predicted octanol–water partition coefficient (Wildman–Crippen LogP) is 0.805. The molecule has 0 radical (unpaired) electrons. The van der Waals surface area contributed by atoms with Gasteiger partial charge in [-0.2, -0.15) is 0 Å². The van der Waals surface area contributed by atoms with E-state index in [0.29, 0.717) is 45.0 Å². The highest BCUT2D eigenvalue weighted by molar-refractivity contribution is 5.90. The molecule has 0 unspecified atom stereocenters. The number of likely N-dealkylation sites (tertiary alicyclic amines) is 1. The van der Waals surface area contributed by atoms with Gasteiger partial charge in [0.1, 0.15) is 5.69 Å². The van der Waals surface area contributed by atoms with Gasteiger partial charge in [0.05, 0.1) is 26.1 Å². The SMILES string of the molecule is COCCC(=O)Nc1ccc2n(c1=O)C[C@H]1C[C@@H]2CN(C(=O)CCOC)C1. The van der Waals surface area contributed by atoms with Gasteiger partial charge >= 0.3 is 0 Å². The van der Waals surface area contributed by atoms with Gasteiger partial charge in [-0.1, -0.05) is 0 Å². The Kier molecular flexibility index (Phi) is 6.28. The summed E-state index contributed by atoms with van der Waals surface area (Å²) in [6, 6.07) is 3.57. The molecule has 1 N–H and O–H groups in total. The summed E-state index contributed by atoms with van der Waals surface area (Å²) < 4.78 is 11.7. The van der Waals surface area contributed by atoms with E-state index in [9.17, 15) is 14.4 Å². The van der Waals surface area contributed by atoms with Gasteiger partial charge in [-0.15, -0.1) is 0 Å². The molecule has 0 aliphatic carbocycles.